The number of nitrogens with zero attached hydrogens (tertiary/aromatic N) is 4. The summed E-state index contributed by atoms with van der Waals surface area (Å²) in [6.45, 7) is 13.7. The molecule has 4 aromatic rings. The summed E-state index contributed by atoms with van der Waals surface area (Å²) in [5.74, 6) is -0.233. The van der Waals surface area contributed by atoms with E-state index in [-0.39, 0.29) is 46.9 Å². The molecule has 4 heterocycles. The number of carbonyl (C=O) groups is 2. The first-order valence-corrected chi connectivity index (χ1v) is 13.9. The van der Waals surface area contributed by atoms with Gasteiger partial charge in [0.25, 0.3) is 0 Å². The minimum atomic E-state index is -1.05. The maximum atomic E-state index is 11.0. The molecule has 2 unspecified atom stereocenters. The summed E-state index contributed by atoms with van der Waals surface area (Å²) in [7, 11) is 2.21. The number of piperidine rings is 1. The number of anilines is 1. The molecule has 2 amide bonds. The Balaban J connectivity index is 0.000000320. The number of benzene rings is 1. The molecule has 1 aliphatic rings. The fraction of sp³-hybridized carbons (Fsp3) is 0.370. The molecule has 5 rings (SSSR count). The summed E-state index contributed by atoms with van der Waals surface area (Å²) in [6, 6.07) is 8.47. The number of thiol groups is 1. The van der Waals surface area contributed by atoms with E-state index in [9.17, 15) is 9.59 Å². The number of nitrogens with two attached hydrogens (primary N) is 1. The van der Waals surface area contributed by atoms with Crippen LogP contribution in [0.5, 0.6) is 0 Å². The Morgan fingerprint density at radius 1 is 1.23 bits per heavy atom. The number of primary amides is 1. The molecule has 218 valence electrons. The van der Waals surface area contributed by atoms with Crippen LogP contribution in [0.2, 0.25) is 0 Å². The summed E-state index contributed by atoms with van der Waals surface area (Å²) in [6.07, 6.45) is 7.49. The molecule has 9 nitrogen and oxygen atoms in total. The van der Waals surface area contributed by atoms with Crippen molar-refractivity contribution in [1.82, 2.24) is 25.1 Å². The van der Waals surface area contributed by atoms with Crippen molar-refractivity contribution in [3.05, 3.63) is 61.7 Å². The summed E-state index contributed by atoms with van der Waals surface area (Å²) < 4.78 is 1.33. The predicted molar refractivity (Wildman–Crippen MR) is 160 cm³/mol. The van der Waals surface area contributed by atoms with E-state index in [1.165, 1.54) is 40.9 Å². The van der Waals surface area contributed by atoms with Crippen LogP contribution in [0, 0.1) is 72.6 Å². The number of aromatic nitrogens is 4. The molecule has 0 bridgehead atoms. The van der Waals surface area contributed by atoms with Crippen LogP contribution in [0.25, 0.3) is 21.1 Å². The van der Waals surface area contributed by atoms with Crippen LogP contribution in [0.1, 0.15) is 31.2 Å². The van der Waals surface area contributed by atoms with Gasteiger partial charge in [0.05, 0.1) is 38.8 Å². The molecule has 1 fully saturated rings. The van der Waals surface area contributed by atoms with E-state index in [0.717, 1.165) is 5.39 Å². The number of hydrogen-bond donors (Lipinski definition) is 4. The Labute approximate surface area is 278 Å². The van der Waals surface area contributed by atoms with Gasteiger partial charge in [-0.05, 0) is 44.3 Å². The van der Waals surface area contributed by atoms with Gasteiger partial charge in [0.1, 0.15) is 0 Å². The van der Waals surface area contributed by atoms with Crippen molar-refractivity contribution < 1.29 is 56.5 Å². The average molecular weight is 729 g/mol. The first-order chi connectivity index (χ1) is 18.2. The second kappa shape index (κ2) is 18.0. The molecule has 2 atom stereocenters. The molecular formula is C27H37N7O2S2Yb. The van der Waals surface area contributed by atoms with Crippen LogP contribution in [-0.4, -0.2) is 63.3 Å². The molecule has 0 spiro atoms. The van der Waals surface area contributed by atoms with E-state index in [1.54, 1.807) is 18.6 Å². The molecule has 4 N–H and O–H groups in total. The third-order valence-corrected chi connectivity index (χ3v) is 6.73. The largest absolute Gasteiger partial charge is 2.00 e. The summed E-state index contributed by atoms with van der Waals surface area (Å²) >= 11 is 5.41. The van der Waals surface area contributed by atoms with Gasteiger partial charge in [-0.2, -0.15) is 17.7 Å². The normalized spacial score (nSPS) is 16.5. The van der Waals surface area contributed by atoms with Gasteiger partial charge in [0, 0.05) is 24.0 Å². The van der Waals surface area contributed by atoms with Gasteiger partial charge in [0.15, 0.2) is 0 Å². The zero-order valence-corrected chi connectivity index (χ0v) is 26.0. The maximum absolute atomic E-state index is 11.0. The SMILES string of the molecule is CC1CN(C)CCC1c1nc2ccccc2s1.CS.NC(=O)C(=O)Nc1cncc2cn[nH]c12.[CH2-]C([CH2-])C.[Yb+2]. The van der Waals surface area contributed by atoms with E-state index < -0.39 is 11.8 Å². The van der Waals surface area contributed by atoms with E-state index >= 15 is 0 Å². The maximum Gasteiger partial charge on any atom is 2.00 e. The van der Waals surface area contributed by atoms with Crippen molar-refractivity contribution in [2.75, 3.05) is 31.7 Å². The summed E-state index contributed by atoms with van der Waals surface area (Å²) in [5.41, 5.74) is 6.94. The number of fused-ring (bicyclic) bond motifs is 2. The quantitative estimate of drug-likeness (QED) is 0.136. The molecule has 1 saturated heterocycles. The zero-order chi connectivity index (χ0) is 28.2. The molecule has 3 aromatic heterocycles. The zero-order valence-electron chi connectivity index (χ0n) is 22.6. The number of likely N-dealkylation sites (tertiary alicyclic amines) is 1. The third kappa shape index (κ3) is 11.1. The molecular weight excluding hydrogens is 692 g/mol. The van der Waals surface area contributed by atoms with Crippen molar-refractivity contribution in [3.8, 4) is 0 Å². The number of para-hydroxylation sites is 1. The van der Waals surface area contributed by atoms with Crippen LogP contribution in [-0.2, 0) is 9.59 Å². The van der Waals surface area contributed by atoms with Gasteiger partial charge in [-0.15, -0.1) is 18.3 Å². The Morgan fingerprint density at radius 3 is 2.51 bits per heavy atom. The van der Waals surface area contributed by atoms with Gasteiger partial charge >= 0.3 is 58.7 Å². The van der Waals surface area contributed by atoms with Crippen molar-refractivity contribution in [2.24, 2.45) is 17.6 Å². The van der Waals surface area contributed by atoms with Gasteiger partial charge in [-0.25, -0.2) is 4.98 Å². The van der Waals surface area contributed by atoms with Gasteiger partial charge in [0.2, 0.25) is 0 Å². The van der Waals surface area contributed by atoms with E-state index in [1.807, 2.05) is 18.3 Å². The number of carbonyl (C=O) groups excluding carboxylic acids is 2. The summed E-state index contributed by atoms with van der Waals surface area (Å²) in [4.78, 5) is 32.7. The number of nitrogens with one attached hydrogen (secondary N) is 2. The Morgan fingerprint density at radius 2 is 1.90 bits per heavy atom. The van der Waals surface area contributed by atoms with Gasteiger partial charge in [-0.1, -0.05) is 19.1 Å². The van der Waals surface area contributed by atoms with Crippen LogP contribution in [0.15, 0.2) is 42.9 Å². The Kier molecular flexibility index (Phi) is 16.4. The van der Waals surface area contributed by atoms with Crippen molar-refractivity contribution in [1.29, 1.82) is 0 Å². The second-order valence-electron chi connectivity index (χ2n) is 9.10. The smallest absolute Gasteiger partial charge is 0.370 e. The monoisotopic (exact) mass is 729 g/mol. The summed E-state index contributed by atoms with van der Waals surface area (Å²) in [5, 5.41) is 10.9. The second-order valence-corrected chi connectivity index (χ2v) is 10.2. The average Bonchev–Trinajstić information content (AvgIpc) is 3.53. The minimum Gasteiger partial charge on any atom is -0.370 e. The van der Waals surface area contributed by atoms with Crippen LogP contribution < -0.4 is 11.1 Å². The van der Waals surface area contributed by atoms with E-state index in [0.29, 0.717) is 29.0 Å². The van der Waals surface area contributed by atoms with E-state index in [2.05, 4.69) is 90.1 Å². The van der Waals surface area contributed by atoms with Crippen molar-refractivity contribution >= 4 is 62.6 Å². The van der Waals surface area contributed by atoms with Crippen LogP contribution in [0.4, 0.5) is 5.69 Å². The Bertz CT molecular complexity index is 1280. The van der Waals surface area contributed by atoms with E-state index in [4.69, 9.17) is 10.7 Å². The fourth-order valence-electron chi connectivity index (χ4n) is 3.91. The number of thiazole rings is 1. The number of amides is 2. The fourth-order valence-corrected chi connectivity index (χ4v) is 5.15. The molecule has 0 radical (unpaired) electrons. The number of H-pyrrole nitrogens is 1. The molecule has 39 heavy (non-hydrogen) atoms. The first kappa shape index (κ1) is 35.5. The third-order valence-electron chi connectivity index (χ3n) is 5.56. The number of pyridine rings is 1. The molecule has 12 heteroatoms. The molecule has 0 aliphatic carbocycles. The van der Waals surface area contributed by atoms with Crippen molar-refractivity contribution in [2.45, 2.75) is 26.2 Å². The minimum absolute atomic E-state index is 0. The van der Waals surface area contributed by atoms with Crippen LogP contribution >= 0.6 is 24.0 Å². The number of hydrogen-bond acceptors (Lipinski definition) is 8. The topological polar surface area (TPSA) is 130 Å². The van der Waals surface area contributed by atoms with Gasteiger partial charge < -0.3 is 35.7 Å². The number of rotatable bonds is 2. The first-order valence-electron chi connectivity index (χ1n) is 12.2. The van der Waals surface area contributed by atoms with Gasteiger partial charge in [-0.3, -0.25) is 19.7 Å². The molecule has 1 aromatic carbocycles. The van der Waals surface area contributed by atoms with Crippen LogP contribution in [0.3, 0.4) is 0 Å². The molecule has 0 saturated carbocycles. The van der Waals surface area contributed by atoms with Crippen molar-refractivity contribution in [3.63, 3.8) is 0 Å². The standard InChI is InChI=1S/C14H18N2S.C8H7N5O2.C4H8.CH4S.Yb/c1-10-9-16(2)8-7-11(10)14-15-12-5-3-4-6-13(12)17-14;9-7(14)8(15)12-5-3-10-1-4-2-11-13-6(4)5;1-4(2)3;1-2;/h3-6,10-11H,7-9H2,1-2H3;1-3H,(H2,9,14)(H,11,13)(H,12,15);4H,1-2H2,3H3;2H,1H3;/q;;-2;;+2. The number of aromatic amines is 1. The molecule has 1 aliphatic heterocycles. The Hall–Kier alpha value is -1.50. The predicted octanol–water partition coefficient (Wildman–Crippen LogP) is 4.57.